The SMILES string of the molecule is CC1O[C@@H](OC2C(O)[C@H](O[C@@H]3OC(C)[C@H](O)C(O)C3O)C(CO)O[C@H]2O[C@H]2CC[C@@]3(C)C(=CC[C@H]4[C@@H]5C[C@@]6(C)O[C@]7(CC[C@@H](C)CO7)[C@@H](C)[C@H]6[C@@]5(C)CC[C@@H]43)C2)C(O)C(O)[C@H]1O. The minimum atomic E-state index is -1.71. The first kappa shape index (κ1) is 46.2. The van der Waals surface area contributed by atoms with Crippen LogP contribution in [0.5, 0.6) is 0 Å². The van der Waals surface area contributed by atoms with Gasteiger partial charge in [0.1, 0.15) is 61.0 Å². The van der Waals surface area contributed by atoms with Crippen molar-refractivity contribution in [3.05, 3.63) is 11.6 Å². The quantitative estimate of drug-likeness (QED) is 0.170. The lowest BCUT2D eigenvalue weighted by Gasteiger charge is -2.58. The average Bonchev–Trinajstić information content (AvgIpc) is 3.61. The summed E-state index contributed by atoms with van der Waals surface area (Å²) >= 11 is 0. The van der Waals surface area contributed by atoms with Crippen LogP contribution in [0.25, 0.3) is 0 Å². The molecular formula is C46H74O16. The highest BCUT2D eigenvalue weighted by Gasteiger charge is 2.73. The third kappa shape index (κ3) is 7.32. The number of aliphatic hydroxyl groups is 8. The van der Waals surface area contributed by atoms with Gasteiger partial charge in [0.15, 0.2) is 24.7 Å². The highest BCUT2D eigenvalue weighted by atomic mass is 16.8. The molecular weight excluding hydrogens is 808 g/mol. The van der Waals surface area contributed by atoms with E-state index in [1.165, 1.54) is 19.4 Å². The predicted octanol–water partition coefficient (Wildman–Crippen LogP) is 1.63. The number of ether oxygens (including phenoxy) is 8. The Kier molecular flexibility index (Phi) is 12.5. The molecule has 9 aliphatic rings. The topological polar surface area (TPSA) is 236 Å². The zero-order valence-electron chi connectivity index (χ0n) is 37.4. The van der Waals surface area contributed by atoms with E-state index < -0.39 is 105 Å². The summed E-state index contributed by atoms with van der Waals surface area (Å²) in [6.45, 7) is 15.1. The van der Waals surface area contributed by atoms with Gasteiger partial charge in [-0.05, 0) is 107 Å². The number of aliphatic hydroxyl groups excluding tert-OH is 8. The summed E-state index contributed by atoms with van der Waals surface area (Å²) in [5.41, 5.74) is 1.26. The minimum absolute atomic E-state index is 0.0301. The van der Waals surface area contributed by atoms with Crippen LogP contribution < -0.4 is 0 Å². The molecule has 0 aromatic carbocycles. The number of rotatable bonds is 7. The van der Waals surface area contributed by atoms with Crippen LogP contribution in [0, 0.1) is 46.3 Å². The second-order valence-corrected chi connectivity index (χ2v) is 21.7. The molecule has 62 heavy (non-hydrogen) atoms. The van der Waals surface area contributed by atoms with Crippen molar-refractivity contribution in [1.82, 2.24) is 0 Å². The van der Waals surface area contributed by atoms with E-state index >= 15 is 0 Å². The van der Waals surface area contributed by atoms with Gasteiger partial charge in [-0.25, -0.2) is 0 Å². The van der Waals surface area contributed by atoms with E-state index in [-0.39, 0.29) is 22.5 Å². The summed E-state index contributed by atoms with van der Waals surface area (Å²) in [4.78, 5) is 0. The Morgan fingerprint density at radius 3 is 1.94 bits per heavy atom. The average molecular weight is 883 g/mol. The summed E-state index contributed by atoms with van der Waals surface area (Å²) in [6, 6.07) is 0. The molecule has 16 heteroatoms. The van der Waals surface area contributed by atoms with E-state index in [9.17, 15) is 40.9 Å². The Bertz CT molecular complexity index is 1640. The van der Waals surface area contributed by atoms with Crippen LogP contribution in [0.15, 0.2) is 11.6 Å². The van der Waals surface area contributed by atoms with Gasteiger partial charge in [-0.3, -0.25) is 0 Å². The van der Waals surface area contributed by atoms with Gasteiger partial charge in [0.2, 0.25) is 0 Å². The van der Waals surface area contributed by atoms with Crippen molar-refractivity contribution in [3.63, 3.8) is 0 Å². The number of hydrogen-bond donors (Lipinski definition) is 8. The third-order valence-electron chi connectivity index (χ3n) is 18.0. The molecule has 354 valence electrons. The largest absolute Gasteiger partial charge is 0.394 e. The highest BCUT2D eigenvalue weighted by molar-refractivity contribution is 5.27. The lowest BCUT2D eigenvalue weighted by Crippen LogP contribution is -2.66. The van der Waals surface area contributed by atoms with E-state index in [0.717, 1.165) is 51.6 Å². The first-order chi connectivity index (χ1) is 29.2. The fourth-order valence-corrected chi connectivity index (χ4v) is 14.6. The normalized spacial score (nSPS) is 58.9. The molecule has 8 N–H and O–H groups in total. The number of fused-ring (bicyclic) bond motifs is 7. The van der Waals surface area contributed by atoms with Crippen LogP contribution in [0.1, 0.15) is 106 Å². The van der Waals surface area contributed by atoms with E-state index in [1.807, 2.05) is 0 Å². The van der Waals surface area contributed by atoms with Crippen LogP contribution in [-0.2, 0) is 37.9 Å². The molecule has 5 saturated heterocycles. The maximum absolute atomic E-state index is 12.0. The van der Waals surface area contributed by atoms with Gasteiger partial charge in [-0.1, -0.05) is 39.3 Å². The van der Waals surface area contributed by atoms with E-state index in [2.05, 4.69) is 40.7 Å². The first-order valence-corrected chi connectivity index (χ1v) is 23.6. The van der Waals surface area contributed by atoms with Crippen molar-refractivity contribution in [2.45, 2.75) is 216 Å². The molecule has 5 aliphatic heterocycles. The molecule has 0 aromatic heterocycles. The predicted molar refractivity (Wildman–Crippen MR) is 217 cm³/mol. The Morgan fingerprint density at radius 2 is 1.32 bits per heavy atom. The minimum Gasteiger partial charge on any atom is -0.394 e. The van der Waals surface area contributed by atoms with Gasteiger partial charge < -0.3 is 78.7 Å². The maximum atomic E-state index is 12.0. The molecule has 0 bridgehead atoms. The lowest BCUT2D eigenvalue weighted by atomic mass is 9.47. The fourth-order valence-electron chi connectivity index (χ4n) is 14.6. The van der Waals surface area contributed by atoms with Crippen molar-refractivity contribution < 1.29 is 78.7 Å². The van der Waals surface area contributed by atoms with Gasteiger partial charge >= 0.3 is 0 Å². The van der Waals surface area contributed by atoms with Crippen molar-refractivity contribution in [1.29, 1.82) is 0 Å². The molecule has 3 saturated carbocycles. The number of hydrogen-bond acceptors (Lipinski definition) is 16. The molecule has 8 fully saturated rings. The second-order valence-electron chi connectivity index (χ2n) is 21.7. The summed E-state index contributed by atoms with van der Waals surface area (Å²) in [6.07, 6.45) is -10.7. The monoisotopic (exact) mass is 882 g/mol. The van der Waals surface area contributed by atoms with Crippen molar-refractivity contribution in [2.75, 3.05) is 13.2 Å². The Hall–Kier alpha value is -0.900. The molecule has 0 radical (unpaired) electrons. The standard InChI is InChI=1S/C46H74O16/c1-20-10-15-46(55-19-20)21(2)39-44(6)14-12-27-26(28(44)17-45(39,7)62-46)9-8-24-16-25(11-13-43(24,27)5)58-42-38(61-41-35(53)33(51)31(49)23(4)57-41)36(54)37(29(18-47)59-42)60-40-34(52)32(50)30(48)22(3)56-40/h8,20-23,25-42,47-54H,9-19H2,1-7H3/t20-,21+,22?,23?,25+,26-,27+,28+,29?,30+,31+,32?,33?,34?,35?,36?,37-,38?,39+,40+,41+,42-,43+,44+,45-,46-/m1/s1. The summed E-state index contributed by atoms with van der Waals surface area (Å²) in [5.74, 6) is 2.44. The second kappa shape index (κ2) is 16.7. The molecule has 0 aromatic rings. The molecule has 9 unspecified atom stereocenters. The highest BCUT2D eigenvalue weighted by Crippen LogP contribution is 2.73. The summed E-state index contributed by atoms with van der Waals surface area (Å²) < 4.78 is 50.4. The van der Waals surface area contributed by atoms with Crippen LogP contribution in [0.2, 0.25) is 0 Å². The Morgan fingerprint density at radius 1 is 0.677 bits per heavy atom. The number of allylic oxidation sites excluding steroid dienone is 1. The van der Waals surface area contributed by atoms with E-state index in [0.29, 0.717) is 48.3 Å². The molecule has 5 heterocycles. The van der Waals surface area contributed by atoms with E-state index in [1.54, 1.807) is 0 Å². The Balaban J connectivity index is 0.924. The molecule has 9 rings (SSSR count). The molecule has 4 aliphatic carbocycles. The van der Waals surface area contributed by atoms with Crippen LogP contribution in [0.3, 0.4) is 0 Å². The van der Waals surface area contributed by atoms with Crippen LogP contribution >= 0.6 is 0 Å². The van der Waals surface area contributed by atoms with Gasteiger partial charge in [-0.2, -0.15) is 0 Å². The molecule has 16 nitrogen and oxygen atoms in total. The lowest BCUT2D eigenvalue weighted by molar-refractivity contribution is -0.388. The van der Waals surface area contributed by atoms with Gasteiger partial charge in [0.25, 0.3) is 0 Å². The van der Waals surface area contributed by atoms with E-state index in [4.69, 9.17) is 37.9 Å². The first-order valence-electron chi connectivity index (χ1n) is 23.6. The van der Waals surface area contributed by atoms with Gasteiger partial charge in [0, 0.05) is 18.3 Å². The van der Waals surface area contributed by atoms with Crippen LogP contribution in [0.4, 0.5) is 0 Å². The molecule has 26 atom stereocenters. The molecule has 1 spiro atoms. The van der Waals surface area contributed by atoms with Crippen molar-refractivity contribution in [3.8, 4) is 0 Å². The van der Waals surface area contributed by atoms with Gasteiger partial charge in [0.05, 0.1) is 37.1 Å². The van der Waals surface area contributed by atoms with Gasteiger partial charge in [-0.15, -0.1) is 0 Å². The third-order valence-corrected chi connectivity index (χ3v) is 18.0. The fraction of sp³-hybridized carbons (Fsp3) is 0.957. The zero-order chi connectivity index (χ0) is 44.4. The summed E-state index contributed by atoms with van der Waals surface area (Å²) in [7, 11) is 0. The van der Waals surface area contributed by atoms with Crippen molar-refractivity contribution in [2.24, 2.45) is 46.3 Å². The summed E-state index contributed by atoms with van der Waals surface area (Å²) in [5, 5.41) is 86.0. The van der Waals surface area contributed by atoms with Crippen molar-refractivity contribution >= 4 is 0 Å². The zero-order valence-corrected chi connectivity index (χ0v) is 37.4. The molecule has 0 amide bonds. The smallest absolute Gasteiger partial charge is 0.187 e. The Labute approximate surface area is 365 Å². The maximum Gasteiger partial charge on any atom is 0.187 e. The van der Waals surface area contributed by atoms with Crippen LogP contribution in [-0.4, -0.2) is 164 Å².